The Morgan fingerprint density at radius 1 is 1.02 bits per heavy atom. The zero-order chi connectivity index (χ0) is 38.1. The van der Waals surface area contributed by atoms with Gasteiger partial charge < -0.3 is 50.6 Å². The Bertz CT molecular complexity index is 1770. The topological polar surface area (TPSA) is 230 Å². The van der Waals surface area contributed by atoms with Gasteiger partial charge in [-0.3, -0.25) is 19.2 Å². The first-order valence-corrected chi connectivity index (χ1v) is 16.5. The quantitative estimate of drug-likeness (QED) is 0.148. The van der Waals surface area contributed by atoms with E-state index in [1.54, 1.807) is 5.32 Å². The number of alkyl carbamates (subject to hydrolysis) is 1. The van der Waals surface area contributed by atoms with Gasteiger partial charge in [-0.2, -0.15) is 13.2 Å². The fourth-order valence-corrected chi connectivity index (χ4v) is 6.58. The van der Waals surface area contributed by atoms with E-state index in [1.807, 2.05) is 6.92 Å². The molecule has 0 saturated carbocycles. The molecule has 2 aromatic rings. The standard InChI is InChI=1S/C34H38F3N3O12/c1-3-9-38-21(41)8-10-39-32(48)50-14-33(49)12-18-23(30(46)25-24(29(18)45)27(43)16-6-4-5-7-17(16)28(25)44)20(13-33)52-22-11-19(26(42)15(2)51-22)40-31(47)34(35,36)37/h4-7,15,19-20,22,26,42,45-46,49H,3,8-14H2,1-2H3,(H,38,41)(H,39,48)(H,40,47)/t15-,19-,20-,22+,26-,33-/m0/s1. The number of ether oxygens (including phenoxy) is 3. The molecule has 0 radical (unpaired) electrons. The first kappa shape index (κ1) is 38.5. The first-order valence-electron chi connectivity index (χ1n) is 16.5. The highest BCUT2D eigenvalue weighted by Gasteiger charge is 2.49. The van der Waals surface area contributed by atoms with E-state index < -0.39 is 114 Å². The number of fused-ring (bicyclic) bond motifs is 3. The van der Waals surface area contributed by atoms with Crippen molar-refractivity contribution < 1.29 is 71.8 Å². The summed E-state index contributed by atoms with van der Waals surface area (Å²) in [5.41, 5.74) is -3.77. The summed E-state index contributed by atoms with van der Waals surface area (Å²) in [6, 6.07) is 4.19. The molecule has 7 N–H and O–H groups in total. The first-order chi connectivity index (χ1) is 24.5. The van der Waals surface area contributed by atoms with Crippen LogP contribution in [-0.4, -0.2) is 106 Å². The third kappa shape index (κ3) is 7.84. The largest absolute Gasteiger partial charge is 0.507 e. The average Bonchev–Trinajstić information content (AvgIpc) is 3.08. The Hall–Kier alpha value is -4.78. The van der Waals surface area contributed by atoms with Gasteiger partial charge in [0.1, 0.15) is 29.8 Å². The molecule has 18 heteroatoms. The minimum absolute atomic E-state index is 0.0491. The van der Waals surface area contributed by atoms with Crippen molar-refractivity contribution in [2.75, 3.05) is 19.7 Å². The fraction of sp³-hybridized carbons (Fsp3) is 0.500. The predicted molar refractivity (Wildman–Crippen MR) is 170 cm³/mol. The van der Waals surface area contributed by atoms with Gasteiger partial charge in [0.15, 0.2) is 17.9 Å². The van der Waals surface area contributed by atoms with Gasteiger partial charge in [0, 0.05) is 61.0 Å². The minimum atomic E-state index is -5.27. The van der Waals surface area contributed by atoms with Crippen LogP contribution in [0.3, 0.4) is 0 Å². The van der Waals surface area contributed by atoms with Gasteiger partial charge in [-0.25, -0.2) is 4.79 Å². The number of aliphatic hydroxyl groups is 2. The van der Waals surface area contributed by atoms with Crippen molar-refractivity contribution in [3.63, 3.8) is 0 Å². The third-order valence-electron chi connectivity index (χ3n) is 9.11. The van der Waals surface area contributed by atoms with Crippen molar-refractivity contribution in [3.8, 4) is 11.5 Å². The number of halogens is 3. The lowest BCUT2D eigenvalue weighted by Crippen LogP contribution is -2.57. The normalized spacial score (nSPS) is 25.3. The molecule has 1 aliphatic heterocycles. The monoisotopic (exact) mass is 737 g/mol. The van der Waals surface area contributed by atoms with Crippen LogP contribution in [0.4, 0.5) is 18.0 Å². The number of rotatable bonds is 10. The van der Waals surface area contributed by atoms with Crippen molar-refractivity contribution in [2.24, 2.45) is 0 Å². The maximum atomic E-state index is 13.6. The van der Waals surface area contributed by atoms with E-state index in [2.05, 4.69) is 10.6 Å². The maximum Gasteiger partial charge on any atom is 0.471 e. The van der Waals surface area contributed by atoms with Crippen LogP contribution in [-0.2, 0) is 30.2 Å². The van der Waals surface area contributed by atoms with Crippen LogP contribution in [0.15, 0.2) is 24.3 Å². The number of hydrogen-bond donors (Lipinski definition) is 7. The second-order valence-electron chi connectivity index (χ2n) is 13.0. The second kappa shape index (κ2) is 15.1. The number of carbonyl (C=O) groups excluding carboxylic acids is 5. The highest BCUT2D eigenvalue weighted by atomic mass is 19.4. The van der Waals surface area contributed by atoms with E-state index in [0.29, 0.717) is 13.0 Å². The number of hydrogen-bond acceptors (Lipinski definition) is 12. The molecule has 282 valence electrons. The zero-order valence-electron chi connectivity index (χ0n) is 28.0. The van der Waals surface area contributed by atoms with Gasteiger partial charge in [-0.1, -0.05) is 31.2 Å². The summed E-state index contributed by atoms with van der Waals surface area (Å²) in [7, 11) is 0. The Morgan fingerprint density at radius 3 is 2.27 bits per heavy atom. The second-order valence-corrected chi connectivity index (χ2v) is 13.0. The molecule has 5 rings (SSSR count). The number of carbonyl (C=O) groups is 5. The molecule has 0 aromatic heterocycles. The molecule has 0 bridgehead atoms. The van der Waals surface area contributed by atoms with Crippen LogP contribution in [0.1, 0.15) is 88.6 Å². The Morgan fingerprint density at radius 2 is 1.65 bits per heavy atom. The summed E-state index contributed by atoms with van der Waals surface area (Å²) in [6.45, 7) is 2.77. The van der Waals surface area contributed by atoms with Crippen molar-refractivity contribution in [1.29, 1.82) is 0 Å². The Balaban J connectivity index is 1.46. The van der Waals surface area contributed by atoms with E-state index >= 15 is 0 Å². The summed E-state index contributed by atoms with van der Waals surface area (Å²) >= 11 is 0. The lowest BCUT2D eigenvalue weighted by Gasteiger charge is -2.43. The molecule has 1 saturated heterocycles. The maximum absolute atomic E-state index is 13.6. The molecule has 1 fully saturated rings. The molecular formula is C34H38F3N3O12. The summed E-state index contributed by atoms with van der Waals surface area (Å²) in [4.78, 5) is 63.2. The lowest BCUT2D eigenvalue weighted by molar-refractivity contribution is -0.252. The number of ketones is 2. The van der Waals surface area contributed by atoms with Gasteiger partial charge >= 0.3 is 18.2 Å². The molecule has 2 aromatic carbocycles. The number of aliphatic hydroxyl groups excluding tert-OH is 1. The van der Waals surface area contributed by atoms with Crippen LogP contribution in [0.5, 0.6) is 11.5 Å². The van der Waals surface area contributed by atoms with E-state index in [0.717, 1.165) is 0 Å². The van der Waals surface area contributed by atoms with Crippen LogP contribution < -0.4 is 16.0 Å². The summed E-state index contributed by atoms with van der Waals surface area (Å²) < 4.78 is 56.1. The summed E-state index contributed by atoms with van der Waals surface area (Å²) in [5.74, 6) is -5.78. The van der Waals surface area contributed by atoms with Crippen LogP contribution in [0, 0.1) is 0 Å². The number of benzene rings is 2. The molecular weight excluding hydrogens is 699 g/mol. The molecule has 0 unspecified atom stereocenters. The molecule has 1 heterocycles. The highest BCUT2D eigenvalue weighted by Crippen LogP contribution is 2.52. The number of aromatic hydroxyl groups is 2. The number of alkyl halides is 3. The average molecular weight is 738 g/mol. The third-order valence-corrected chi connectivity index (χ3v) is 9.11. The van der Waals surface area contributed by atoms with Crippen molar-refractivity contribution in [2.45, 2.75) is 88.4 Å². The Labute approximate surface area is 294 Å². The number of phenols is 2. The number of amides is 3. The van der Waals surface area contributed by atoms with Gasteiger partial charge in [0.05, 0.1) is 29.4 Å². The SMILES string of the molecule is CCCNC(=O)CCNC(=O)OC[C@]1(O)Cc2c(O)c3c(c(O)c2[C@@H](O[C@@H]2C[C@H](NC(=O)C(F)(F)F)[C@@H](O)[C@H](C)O2)C1)C(=O)c1ccccc1C3=O. The summed E-state index contributed by atoms with van der Waals surface area (Å²) in [5, 5.41) is 52.2. The van der Waals surface area contributed by atoms with E-state index in [9.17, 15) is 57.6 Å². The smallest absolute Gasteiger partial charge is 0.471 e. The van der Waals surface area contributed by atoms with E-state index in [-0.39, 0.29) is 41.1 Å². The molecule has 52 heavy (non-hydrogen) atoms. The fourth-order valence-electron chi connectivity index (χ4n) is 6.58. The lowest BCUT2D eigenvalue weighted by atomic mass is 9.73. The molecule has 6 atom stereocenters. The minimum Gasteiger partial charge on any atom is -0.507 e. The van der Waals surface area contributed by atoms with Crippen LogP contribution >= 0.6 is 0 Å². The number of nitrogens with one attached hydrogen (secondary N) is 3. The highest BCUT2D eigenvalue weighted by molar-refractivity contribution is 6.30. The zero-order valence-corrected chi connectivity index (χ0v) is 28.0. The van der Waals surface area contributed by atoms with Crippen LogP contribution in [0.2, 0.25) is 0 Å². The van der Waals surface area contributed by atoms with Gasteiger partial charge in [-0.05, 0) is 13.3 Å². The van der Waals surface area contributed by atoms with Gasteiger partial charge in [-0.15, -0.1) is 0 Å². The molecule has 15 nitrogen and oxygen atoms in total. The molecule has 2 aliphatic carbocycles. The predicted octanol–water partition coefficient (Wildman–Crippen LogP) is 1.79. The van der Waals surface area contributed by atoms with Crippen molar-refractivity contribution in [1.82, 2.24) is 16.0 Å². The van der Waals surface area contributed by atoms with Crippen molar-refractivity contribution in [3.05, 3.63) is 57.6 Å². The van der Waals surface area contributed by atoms with Gasteiger partial charge in [0.25, 0.3) is 0 Å². The van der Waals surface area contributed by atoms with Crippen LogP contribution in [0.25, 0.3) is 0 Å². The van der Waals surface area contributed by atoms with Crippen molar-refractivity contribution >= 4 is 29.5 Å². The molecule has 0 spiro atoms. The Kier molecular flexibility index (Phi) is 11.1. The molecule has 3 amide bonds. The number of phenolic OH excluding ortho intramolecular Hbond substituents is 2. The summed E-state index contributed by atoms with van der Waals surface area (Å²) in [6.07, 6.45) is -13.1. The van der Waals surface area contributed by atoms with Gasteiger partial charge in [0.2, 0.25) is 5.91 Å². The van der Waals surface area contributed by atoms with E-state index in [4.69, 9.17) is 14.2 Å². The molecule has 3 aliphatic rings. The van der Waals surface area contributed by atoms with E-state index in [1.165, 1.54) is 31.2 Å².